The van der Waals surface area contributed by atoms with Gasteiger partial charge in [-0.15, -0.1) is 0 Å². The van der Waals surface area contributed by atoms with Gasteiger partial charge in [0.2, 0.25) is 5.91 Å². The van der Waals surface area contributed by atoms with Gasteiger partial charge in [-0.1, -0.05) is 302 Å². The van der Waals surface area contributed by atoms with Crippen molar-refractivity contribution in [2.24, 2.45) is 0 Å². The fourth-order valence-electron chi connectivity index (χ4n) is 9.99. The number of carbonyl (C=O) groups excluding carboxylic acids is 2. The zero-order chi connectivity index (χ0) is 50.0. The Morgan fingerprint density at radius 2 is 0.681 bits per heavy atom. The maximum absolute atomic E-state index is 12.5. The lowest BCUT2D eigenvalue weighted by Crippen LogP contribution is -2.45. The van der Waals surface area contributed by atoms with Crippen molar-refractivity contribution >= 4 is 11.9 Å². The lowest BCUT2D eigenvalue weighted by Gasteiger charge is -2.22. The number of aliphatic hydroxyl groups is 2. The topological polar surface area (TPSA) is 95.9 Å². The smallest absolute Gasteiger partial charge is 0.305 e. The minimum absolute atomic E-state index is 0.00492. The largest absolute Gasteiger partial charge is 0.466 e. The summed E-state index contributed by atoms with van der Waals surface area (Å²) in [6.45, 7) is 4.95. The lowest BCUT2D eigenvalue weighted by atomic mass is 10.0. The normalized spacial score (nSPS) is 12.6. The number of aliphatic hydroxyl groups excluding tert-OH is 2. The SMILES string of the molecule is CCCCCC/C=C\CCCCCCCC(=O)OCCCCCCCCCCCCCCCCCCC(=O)NC(CO)C(O)CCCCCCCCCCCCCCCCCCCCCCCCC. The summed E-state index contributed by atoms with van der Waals surface area (Å²) in [5.41, 5.74) is 0. The molecule has 0 saturated heterocycles. The molecule has 0 spiro atoms. The van der Waals surface area contributed by atoms with Gasteiger partial charge in [0.25, 0.3) is 0 Å². The molecule has 0 aliphatic carbocycles. The lowest BCUT2D eigenvalue weighted by molar-refractivity contribution is -0.143. The van der Waals surface area contributed by atoms with E-state index in [0.29, 0.717) is 25.9 Å². The highest BCUT2D eigenvalue weighted by molar-refractivity contribution is 5.76. The zero-order valence-corrected chi connectivity index (χ0v) is 46.8. The molecule has 0 aliphatic heterocycles. The maximum Gasteiger partial charge on any atom is 0.305 e. The van der Waals surface area contributed by atoms with Crippen LogP contribution in [0.3, 0.4) is 0 Å². The van der Waals surface area contributed by atoms with E-state index in [1.165, 1.54) is 276 Å². The molecule has 410 valence electrons. The number of allylic oxidation sites excluding steroid dienone is 2. The highest BCUT2D eigenvalue weighted by atomic mass is 16.5. The van der Waals surface area contributed by atoms with Gasteiger partial charge < -0.3 is 20.3 Å². The van der Waals surface area contributed by atoms with Gasteiger partial charge in [0.05, 0.1) is 25.4 Å². The maximum atomic E-state index is 12.5. The van der Waals surface area contributed by atoms with Crippen LogP contribution in [0.5, 0.6) is 0 Å². The van der Waals surface area contributed by atoms with Crippen molar-refractivity contribution in [1.82, 2.24) is 5.32 Å². The number of rotatable bonds is 59. The number of esters is 1. The predicted octanol–water partition coefficient (Wildman–Crippen LogP) is 19.6. The third-order valence-corrected chi connectivity index (χ3v) is 14.8. The van der Waals surface area contributed by atoms with Crippen molar-refractivity contribution in [2.75, 3.05) is 13.2 Å². The van der Waals surface area contributed by atoms with Crippen LogP contribution in [-0.2, 0) is 14.3 Å². The van der Waals surface area contributed by atoms with Gasteiger partial charge in [-0.2, -0.15) is 0 Å². The van der Waals surface area contributed by atoms with Crippen LogP contribution in [0.2, 0.25) is 0 Å². The summed E-state index contributed by atoms with van der Waals surface area (Å²) in [6, 6.07) is -0.547. The Labute approximate surface area is 431 Å². The quantitative estimate of drug-likeness (QED) is 0.0321. The molecule has 0 aromatic heterocycles. The van der Waals surface area contributed by atoms with Crippen LogP contribution in [0, 0.1) is 0 Å². The zero-order valence-electron chi connectivity index (χ0n) is 46.8. The summed E-state index contributed by atoms with van der Waals surface area (Å²) in [4.78, 5) is 24.6. The Balaban J connectivity index is 3.42. The van der Waals surface area contributed by atoms with E-state index < -0.39 is 12.1 Å². The second-order valence-corrected chi connectivity index (χ2v) is 21.7. The third kappa shape index (κ3) is 55.8. The number of hydrogen-bond acceptors (Lipinski definition) is 5. The molecule has 6 nitrogen and oxygen atoms in total. The second kappa shape index (κ2) is 59.2. The molecule has 3 N–H and O–H groups in total. The number of nitrogens with one attached hydrogen (secondary N) is 1. The van der Waals surface area contributed by atoms with E-state index in [1.54, 1.807) is 0 Å². The van der Waals surface area contributed by atoms with Crippen LogP contribution in [0.15, 0.2) is 12.2 Å². The van der Waals surface area contributed by atoms with Crippen molar-refractivity contribution in [2.45, 2.75) is 366 Å². The van der Waals surface area contributed by atoms with E-state index in [2.05, 4.69) is 31.3 Å². The number of hydrogen-bond donors (Lipinski definition) is 3. The van der Waals surface area contributed by atoms with E-state index in [-0.39, 0.29) is 18.5 Å². The highest BCUT2D eigenvalue weighted by Gasteiger charge is 2.20. The summed E-state index contributed by atoms with van der Waals surface area (Å²) < 4.78 is 5.47. The molecule has 0 bridgehead atoms. The van der Waals surface area contributed by atoms with Gasteiger partial charge in [-0.3, -0.25) is 9.59 Å². The first-order valence-electron chi connectivity index (χ1n) is 31.4. The predicted molar refractivity (Wildman–Crippen MR) is 301 cm³/mol. The van der Waals surface area contributed by atoms with Crippen LogP contribution in [0.1, 0.15) is 354 Å². The number of amides is 1. The van der Waals surface area contributed by atoms with Crippen molar-refractivity contribution in [1.29, 1.82) is 0 Å². The molecule has 0 saturated carbocycles. The summed E-state index contributed by atoms with van der Waals surface area (Å²) in [5.74, 6) is -0.0427. The Morgan fingerprint density at radius 3 is 1.04 bits per heavy atom. The van der Waals surface area contributed by atoms with E-state index in [9.17, 15) is 19.8 Å². The number of unbranched alkanes of at least 4 members (excludes halogenated alkanes) is 46. The average Bonchev–Trinajstić information content (AvgIpc) is 3.35. The standard InChI is InChI=1S/C63H123NO5/c1-3-5-7-9-11-13-15-17-18-19-20-21-22-23-24-25-28-32-35-39-43-47-51-55-61(66)60(59-65)64-62(67)56-52-48-44-40-36-33-29-26-27-30-34-38-42-46-50-54-58-69-63(68)57-53-49-45-41-37-31-16-14-12-10-8-6-4-2/h14,16,60-61,65-66H,3-13,15,17-59H2,1-2H3,(H,64,67)/b16-14-. The van der Waals surface area contributed by atoms with Crippen LogP contribution < -0.4 is 5.32 Å². The van der Waals surface area contributed by atoms with Gasteiger partial charge in [0.1, 0.15) is 0 Å². The summed E-state index contributed by atoms with van der Waals surface area (Å²) in [6.07, 6.45) is 70.7. The van der Waals surface area contributed by atoms with Crippen LogP contribution in [0.25, 0.3) is 0 Å². The molecule has 0 radical (unpaired) electrons. The third-order valence-electron chi connectivity index (χ3n) is 14.8. The van der Waals surface area contributed by atoms with Crippen LogP contribution in [-0.4, -0.2) is 47.4 Å². The molecule has 2 atom stereocenters. The summed E-state index contributed by atoms with van der Waals surface area (Å²) in [5, 5.41) is 23.4. The van der Waals surface area contributed by atoms with E-state index in [0.717, 1.165) is 44.9 Å². The van der Waals surface area contributed by atoms with E-state index in [4.69, 9.17) is 4.74 Å². The fourth-order valence-corrected chi connectivity index (χ4v) is 9.99. The van der Waals surface area contributed by atoms with Gasteiger partial charge in [0.15, 0.2) is 0 Å². The monoisotopic (exact) mass is 974 g/mol. The van der Waals surface area contributed by atoms with E-state index in [1.807, 2.05) is 0 Å². The van der Waals surface area contributed by atoms with Gasteiger partial charge in [-0.25, -0.2) is 0 Å². The van der Waals surface area contributed by atoms with Crippen LogP contribution in [0.4, 0.5) is 0 Å². The molecule has 0 fully saturated rings. The van der Waals surface area contributed by atoms with Crippen molar-refractivity contribution < 1.29 is 24.5 Å². The molecule has 0 aromatic rings. The minimum Gasteiger partial charge on any atom is -0.466 e. The molecule has 69 heavy (non-hydrogen) atoms. The minimum atomic E-state index is -0.670. The van der Waals surface area contributed by atoms with Gasteiger partial charge >= 0.3 is 5.97 Å². The first-order valence-corrected chi connectivity index (χ1v) is 31.4. The Bertz CT molecular complexity index is 1030. The summed E-state index contributed by atoms with van der Waals surface area (Å²) in [7, 11) is 0. The average molecular weight is 975 g/mol. The van der Waals surface area contributed by atoms with Crippen LogP contribution >= 0.6 is 0 Å². The van der Waals surface area contributed by atoms with Crippen molar-refractivity contribution in [3.63, 3.8) is 0 Å². The first kappa shape index (κ1) is 67.6. The van der Waals surface area contributed by atoms with Crippen molar-refractivity contribution in [3.8, 4) is 0 Å². The highest BCUT2D eigenvalue weighted by Crippen LogP contribution is 2.18. The molecule has 0 rings (SSSR count). The van der Waals surface area contributed by atoms with Gasteiger partial charge in [0, 0.05) is 12.8 Å². The Hall–Kier alpha value is -1.40. The molecule has 0 aliphatic rings. The Morgan fingerprint density at radius 1 is 0.391 bits per heavy atom. The summed E-state index contributed by atoms with van der Waals surface area (Å²) >= 11 is 0. The fraction of sp³-hybridized carbons (Fsp3) is 0.937. The molecular formula is C63H123NO5. The van der Waals surface area contributed by atoms with E-state index >= 15 is 0 Å². The molecular weight excluding hydrogens is 851 g/mol. The first-order chi connectivity index (χ1) is 34.0. The Kier molecular flexibility index (Phi) is 58.0. The molecule has 2 unspecified atom stereocenters. The number of carbonyl (C=O) groups is 2. The molecule has 1 amide bonds. The van der Waals surface area contributed by atoms with Crippen molar-refractivity contribution in [3.05, 3.63) is 12.2 Å². The van der Waals surface area contributed by atoms with Gasteiger partial charge in [-0.05, 0) is 51.4 Å². The molecule has 0 aromatic carbocycles. The second-order valence-electron chi connectivity index (χ2n) is 21.7. The molecule has 6 heteroatoms. The number of ether oxygens (including phenoxy) is 1. The molecule has 0 heterocycles.